The minimum absolute atomic E-state index is 0.0273. The Balaban J connectivity index is 1.75. The molecule has 0 N–H and O–H groups in total. The average molecular weight is 487 g/mol. The molecular formula is C26H28F2N2O5. The molecule has 3 aromatic rings. The summed E-state index contributed by atoms with van der Waals surface area (Å²) in [6.07, 6.45) is 0. The molecule has 4 rings (SSSR count). The number of ether oxygens (including phenoxy) is 4. The maximum absolute atomic E-state index is 14.4. The number of fused-ring (bicyclic) bond motifs is 3. The molecular weight excluding hydrogens is 458 g/mol. The molecule has 0 spiro atoms. The van der Waals surface area contributed by atoms with Crippen LogP contribution < -0.4 is 9.47 Å². The lowest BCUT2D eigenvalue weighted by atomic mass is 9.93. The first-order valence-electron chi connectivity index (χ1n) is 11.4. The van der Waals surface area contributed by atoms with E-state index in [9.17, 15) is 13.6 Å². The predicted molar refractivity (Wildman–Crippen MR) is 125 cm³/mol. The minimum atomic E-state index is -1.02. The van der Waals surface area contributed by atoms with E-state index in [0.717, 1.165) is 29.0 Å². The van der Waals surface area contributed by atoms with Crippen molar-refractivity contribution >= 4 is 16.7 Å². The van der Waals surface area contributed by atoms with E-state index in [1.165, 1.54) is 0 Å². The highest BCUT2D eigenvalue weighted by molar-refractivity contribution is 5.91. The van der Waals surface area contributed by atoms with Crippen molar-refractivity contribution in [2.24, 2.45) is 0 Å². The topological polar surface area (TPSA) is 70.1 Å². The lowest BCUT2D eigenvalue weighted by Gasteiger charge is -2.37. The first-order chi connectivity index (χ1) is 16.8. The smallest absolute Gasteiger partial charge is 0.344 e. The highest BCUT2D eigenvalue weighted by Gasteiger charge is 2.32. The fourth-order valence-corrected chi connectivity index (χ4v) is 4.33. The van der Waals surface area contributed by atoms with Gasteiger partial charge in [-0.1, -0.05) is 12.1 Å². The zero-order valence-corrected chi connectivity index (χ0v) is 20.1. The van der Waals surface area contributed by atoms with Crippen LogP contribution in [0.1, 0.15) is 42.8 Å². The molecule has 1 aromatic heterocycles. The van der Waals surface area contributed by atoms with Gasteiger partial charge in [0.1, 0.15) is 5.75 Å². The van der Waals surface area contributed by atoms with Gasteiger partial charge < -0.3 is 18.9 Å². The second kappa shape index (κ2) is 10.5. The number of esters is 1. The van der Waals surface area contributed by atoms with Gasteiger partial charge in [-0.05, 0) is 56.1 Å². The number of carbonyl (C=O) groups is 1. The van der Waals surface area contributed by atoms with E-state index in [-0.39, 0.29) is 36.6 Å². The van der Waals surface area contributed by atoms with E-state index >= 15 is 0 Å². The fourth-order valence-electron chi connectivity index (χ4n) is 4.33. The second-order valence-corrected chi connectivity index (χ2v) is 8.33. The summed E-state index contributed by atoms with van der Waals surface area (Å²) in [4.78, 5) is 18.5. The van der Waals surface area contributed by atoms with Crippen molar-refractivity contribution in [2.45, 2.75) is 32.5 Å². The van der Waals surface area contributed by atoms with Crippen molar-refractivity contribution in [3.63, 3.8) is 0 Å². The van der Waals surface area contributed by atoms with Crippen molar-refractivity contribution in [1.29, 1.82) is 0 Å². The van der Waals surface area contributed by atoms with Gasteiger partial charge in [-0.3, -0.25) is 4.90 Å². The fraction of sp³-hybridized carbons (Fsp3) is 0.385. The monoisotopic (exact) mass is 486 g/mol. The lowest BCUT2D eigenvalue weighted by molar-refractivity contribution is -0.145. The molecule has 1 aliphatic heterocycles. The molecule has 0 bridgehead atoms. The summed E-state index contributed by atoms with van der Waals surface area (Å²) in [6, 6.07) is 9.67. The summed E-state index contributed by atoms with van der Waals surface area (Å²) in [5.41, 5.74) is 2.35. The Bertz CT molecular complexity index is 1220. The number of benzene rings is 2. The number of pyridine rings is 1. The van der Waals surface area contributed by atoms with E-state index in [4.69, 9.17) is 18.9 Å². The Morgan fingerprint density at radius 3 is 2.54 bits per heavy atom. The van der Waals surface area contributed by atoms with Crippen molar-refractivity contribution in [1.82, 2.24) is 9.88 Å². The third kappa shape index (κ3) is 5.06. The molecule has 0 radical (unpaired) electrons. The molecule has 2 heterocycles. The summed E-state index contributed by atoms with van der Waals surface area (Å²) in [5, 5.41) is 0.749. The molecule has 1 aliphatic rings. The van der Waals surface area contributed by atoms with Crippen molar-refractivity contribution in [3.05, 3.63) is 64.9 Å². The average Bonchev–Trinajstić information content (AvgIpc) is 2.87. The number of hydrogen-bond acceptors (Lipinski definition) is 7. The molecule has 7 nitrogen and oxygen atoms in total. The zero-order chi connectivity index (χ0) is 25.1. The Labute approximate surface area is 202 Å². The Morgan fingerprint density at radius 1 is 1.20 bits per heavy atom. The number of likely N-dealkylation sites (N-methyl/N-ethyl adjacent to an activating group) is 1. The third-order valence-corrected chi connectivity index (χ3v) is 6.31. The van der Waals surface area contributed by atoms with E-state index < -0.39 is 24.2 Å². The van der Waals surface area contributed by atoms with Gasteiger partial charge >= 0.3 is 5.97 Å². The van der Waals surface area contributed by atoms with Crippen molar-refractivity contribution in [2.75, 3.05) is 34.0 Å². The molecule has 186 valence electrons. The van der Waals surface area contributed by atoms with Gasteiger partial charge in [-0.25, -0.2) is 18.6 Å². The maximum atomic E-state index is 14.4. The van der Waals surface area contributed by atoms with Crippen molar-refractivity contribution < 1.29 is 32.5 Å². The molecule has 35 heavy (non-hydrogen) atoms. The zero-order valence-electron chi connectivity index (χ0n) is 20.1. The van der Waals surface area contributed by atoms with Gasteiger partial charge in [0, 0.05) is 17.0 Å². The molecule has 0 saturated heterocycles. The predicted octanol–water partition coefficient (Wildman–Crippen LogP) is 4.73. The van der Waals surface area contributed by atoms with Crippen molar-refractivity contribution in [3.8, 4) is 11.6 Å². The van der Waals surface area contributed by atoms with E-state index in [1.807, 2.05) is 31.3 Å². The largest absolute Gasteiger partial charge is 0.497 e. The van der Waals surface area contributed by atoms with Crippen LogP contribution in [0.2, 0.25) is 0 Å². The Hall–Kier alpha value is -3.30. The molecule has 2 atom stereocenters. The SMILES string of the molecule is CCOC(=O)COc1nc2c(c3cc(F)c(F)cc13)[C@H](N(C)[C@H](C)c1ccc(OC)cc1)COC2. The number of nitrogens with zero attached hydrogens (tertiary/aromatic N) is 2. The van der Waals surface area contributed by atoms with Crippen LogP contribution in [0.3, 0.4) is 0 Å². The number of aromatic nitrogens is 1. The Kier molecular flexibility index (Phi) is 7.47. The first kappa shape index (κ1) is 24.8. The summed E-state index contributed by atoms with van der Waals surface area (Å²) in [5.74, 6) is -1.79. The van der Waals surface area contributed by atoms with Crippen LogP contribution in [0.15, 0.2) is 36.4 Å². The molecule has 0 fully saturated rings. The number of methoxy groups -OCH3 is 1. The van der Waals surface area contributed by atoms with Gasteiger partial charge in [-0.2, -0.15) is 0 Å². The van der Waals surface area contributed by atoms with Crippen LogP contribution in [0, 0.1) is 11.6 Å². The first-order valence-corrected chi connectivity index (χ1v) is 11.4. The summed E-state index contributed by atoms with van der Waals surface area (Å²) in [6.45, 7) is 4.08. The second-order valence-electron chi connectivity index (χ2n) is 8.33. The van der Waals surface area contributed by atoms with Gasteiger partial charge in [-0.15, -0.1) is 0 Å². The summed E-state index contributed by atoms with van der Waals surface area (Å²) >= 11 is 0. The molecule has 0 amide bonds. The van der Waals surface area contributed by atoms with E-state index in [0.29, 0.717) is 17.7 Å². The highest BCUT2D eigenvalue weighted by atomic mass is 19.2. The van der Waals surface area contributed by atoms with Crippen LogP contribution >= 0.6 is 0 Å². The lowest BCUT2D eigenvalue weighted by Crippen LogP contribution is -2.34. The molecule has 0 aliphatic carbocycles. The third-order valence-electron chi connectivity index (χ3n) is 6.31. The van der Waals surface area contributed by atoms with Crippen LogP contribution in [0.4, 0.5) is 8.78 Å². The molecule has 0 unspecified atom stereocenters. The standard InChI is InChI=1S/C26H28F2N2O5/c1-5-34-24(31)14-35-26-19-11-21(28)20(27)10-18(19)25-22(29-26)12-33-13-23(25)30(3)15(2)16-6-8-17(32-4)9-7-16/h6-11,15,23H,5,12-14H2,1-4H3/t15-,23-/m1/s1. The highest BCUT2D eigenvalue weighted by Crippen LogP contribution is 2.41. The van der Waals surface area contributed by atoms with E-state index in [2.05, 4.69) is 16.8 Å². The van der Waals surface area contributed by atoms with Crippen LogP contribution in [0.5, 0.6) is 11.6 Å². The number of carbonyl (C=O) groups excluding carboxylic acids is 1. The van der Waals surface area contributed by atoms with Crippen LogP contribution in [-0.4, -0.2) is 49.8 Å². The van der Waals surface area contributed by atoms with Crippen LogP contribution in [0.25, 0.3) is 10.8 Å². The normalized spacial score (nSPS) is 16.1. The van der Waals surface area contributed by atoms with Crippen LogP contribution in [-0.2, 0) is 20.9 Å². The summed E-state index contributed by atoms with van der Waals surface area (Å²) < 4.78 is 50.2. The number of rotatable bonds is 8. The summed E-state index contributed by atoms with van der Waals surface area (Å²) in [7, 11) is 3.57. The number of hydrogen-bond donors (Lipinski definition) is 0. The maximum Gasteiger partial charge on any atom is 0.344 e. The van der Waals surface area contributed by atoms with Gasteiger partial charge in [0.15, 0.2) is 18.2 Å². The van der Waals surface area contributed by atoms with Gasteiger partial charge in [0.25, 0.3) is 0 Å². The number of halogens is 2. The quantitative estimate of drug-likeness (QED) is 0.427. The Morgan fingerprint density at radius 2 is 1.89 bits per heavy atom. The molecule has 9 heteroatoms. The minimum Gasteiger partial charge on any atom is -0.497 e. The molecule has 2 aromatic carbocycles. The van der Waals surface area contributed by atoms with Gasteiger partial charge in [0.2, 0.25) is 5.88 Å². The van der Waals surface area contributed by atoms with E-state index in [1.54, 1.807) is 14.0 Å². The van der Waals surface area contributed by atoms with Gasteiger partial charge in [0.05, 0.1) is 38.7 Å². The molecule has 0 saturated carbocycles.